The van der Waals surface area contributed by atoms with Crippen molar-refractivity contribution in [2.45, 2.75) is 33.1 Å². The Kier molecular flexibility index (Phi) is 7.96. The summed E-state index contributed by atoms with van der Waals surface area (Å²) in [6.45, 7) is 5.79. The predicted octanol–water partition coefficient (Wildman–Crippen LogP) is 3.47. The molecule has 0 aliphatic rings. The molecule has 0 aliphatic carbocycles. The molecular formula is C18H24ClNO2. The molecule has 0 spiro atoms. The molecule has 120 valence electrons. The van der Waals surface area contributed by atoms with Gasteiger partial charge >= 0.3 is 0 Å². The van der Waals surface area contributed by atoms with Crippen LogP contribution in [-0.2, 0) is 13.2 Å². The molecule has 0 aromatic heterocycles. The first-order valence-corrected chi connectivity index (χ1v) is 7.29. The summed E-state index contributed by atoms with van der Waals surface area (Å²) in [6, 6.07) is 16.4. The van der Waals surface area contributed by atoms with E-state index in [-0.39, 0.29) is 18.5 Å². The number of benzene rings is 2. The molecule has 0 fully saturated rings. The van der Waals surface area contributed by atoms with Crippen LogP contribution in [0.5, 0.6) is 5.75 Å². The number of aliphatic hydroxyl groups is 1. The van der Waals surface area contributed by atoms with E-state index in [1.54, 1.807) is 6.92 Å². The van der Waals surface area contributed by atoms with Crippen LogP contribution < -0.4 is 10.1 Å². The fraction of sp³-hybridized carbons (Fsp3) is 0.333. The first-order chi connectivity index (χ1) is 10.1. The minimum absolute atomic E-state index is 0. The van der Waals surface area contributed by atoms with Gasteiger partial charge in [-0.1, -0.05) is 42.0 Å². The standard InChI is InChI=1S/C18H23NO2.ClH/c1-14-3-5-17(6-4-14)13-21-18-9-7-16(8-10-18)12-19-11-15(2)20;/h3-10,15,19-20H,11-13H2,1-2H3;1H. The molecule has 0 saturated heterocycles. The van der Waals surface area contributed by atoms with Gasteiger partial charge in [-0.25, -0.2) is 0 Å². The van der Waals surface area contributed by atoms with Crippen LogP contribution in [0.2, 0.25) is 0 Å². The molecule has 2 aromatic rings. The van der Waals surface area contributed by atoms with Crippen LogP contribution in [0.1, 0.15) is 23.6 Å². The normalized spacial score (nSPS) is 11.6. The second-order valence-corrected chi connectivity index (χ2v) is 5.40. The second-order valence-electron chi connectivity index (χ2n) is 5.40. The zero-order valence-electron chi connectivity index (χ0n) is 13.1. The maximum absolute atomic E-state index is 9.19. The van der Waals surface area contributed by atoms with E-state index in [2.05, 4.69) is 36.5 Å². The topological polar surface area (TPSA) is 41.5 Å². The number of hydrogen-bond acceptors (Lipinski definition) is 3. The van der Waals surface area contributed by atoms with Gasteiger partial charge in [0.05, 0.1) is 6.10 Å². The Morgan fingerprint density at radius 3 is 2.18 bits per heavy atom. The van der Waals surface area contributed by atoms with Crippen LogP contribution in [-0.4, -0.2) is 17.8 Å². The van der Waals surface area contributed by atoms with Crippen LogP contribution in [0, 0.1) is 6.92 Å². The molecule has 0 amide bonds. The van der Waals surface area contributed by atoms with Gasteiger partial charge in [0, 0.05) is 13.1 Å². The fourth-order valence-corrected chi connectivity index (χ4v) is 1.98. The number of aryl methyl sites for hydroxylation is 1. The average molecular weight is 322 g/mol. The largest absolute Gasteiger partial charge is 0.489 e. The van der Waals surface area contributed by atoms with Crippen molar-refractivity contribution in [3.8, 4) is 5.75 Å². The summed E-state index contributed by atoms with van der Waals surface area (Å²) < 4.78 is 5.77. The van der Waals surface area contributed by atoms with Crippen molar-refractivity contribution in [3.05, 3.63) is 65.2 Å². The molecule has 1 atom stereocenters. The number of halogens is 1. The van der Waals surface area contributed by atoms with Crippen LogP contribution in [0.3, 0.4) is 0 Å². The summed E-state index contributed by atoms with van der Waals surface area (Å²) in [7, 11) is 0. The van der Waals surface area contributed by atoms with E-state index in [0.717, 1.165) is 12.3 Å². The van der Waals surface area contributed by atoms with Gasteiger partial charge in [-0.15, -0.1) is 12.4 Å². The highest BCUT2D eigenvalue weighted by molar-refractivity contribution is 5.85. The molecular weight excluding hydrogens is 298 g/mol. The molecule has 0 aliphatic heterocycles. The Labute approximate surface area is 138 Å². The minimum atomic E-state index is -0.317. The molecule has 1 unspecified atom stereocenters. The van der Waals surface area contributed by atoms with Crippen LogP contribution in [0.25, 0.3) is 0 Å². The molecule has 3 nitrogen and oxygen atoms in total. The number of ether oxygens (including phenoxy) is 1. The van der Waals surface area contributed by atoms with Gasteiger partial charge in [0.1, 0.15) is 12.4 Å². The maximum Gasteiger partial charge on any atom is 0.119 e. The van der Waals surface area contributed by atoms with E-state index in [1.807, 2.05) is 24.3 Å². The van der Waals surface area contributed by atoms with E-state index in [0.29, 0.717) is 13.2 Å². The molecule has 0 saturated carbocycles. The molecule has 22 heavy (non-hydrogen) atoms. The second kappa shape index (κ2) is 9.46. The predicted molar refractivity (Wildman–Crippen MR) is 92.6 cm³/mol. The Morgan fingerprint density at radius 2 is 1.59 bits per heavy atom. The zero-order chi connectivity index (χ0) is 15.1. The Morgan fingerprint density at radius 1 is 1.00 bits per heavy atom. The SMILES string of the molecule is Cc1ccc(COc2ccc(CNCC(C)O)cc2)cc1.Cl. The monoisotopic (exact) mass is 321 g/mol. The lowest BCUT2D eigenvalue weighted by Crippen LogP contribution is -2.23. The lowest BCUT2D eigenvalue weighted by Gasteiger charge is -2.09. The minimum Gasteiger partial charge on any atom is -0.489 e. The van der Waals surface area contributed by atoms with Crippen LogP contribution >= 0.6 is 12.4 Å². The van der Waals surface area contributed by atoms with E-state index >= 15 is 0 Å². The van der Waals surface area contributed by atoms with Gasteiger partial charge in [0.25, 0.3) is 0 Å². The van der Waals surface area contributed by atoms with Gasteiger partial charge in [-0.3, -0.25) is 0 Å². The molecule has 4 heteroatoms. The molecule has 0 heterocycles. The van der Waals surface area contributed by atoms with Gasteiger partial charge < -0.3 is 15.2 Å². The van der Waals surface area contributed by atoms with Gasteiger partial charge in [-0.05, 0) is 37.1 Å². The Balaban J connectivity index is 0.00000242. The summed E-state index contributed by atoms with van der Waals surface area (Å²) in [4.78, 5) is 0. The first-order valence-electron chi connectivity index (χ1n) is 7.29. The van der Waals surface area contributed by atoms with Gasteiger partial charge in [0.2, 0.25) is 0 Å². The van der Waals surface area contributed by atoms with Crippen molar-refractivity contribution >= 4 is 12.4 Å². The molecule has 2 N–H and O–H groups in total. The van der Waals surface area contributed by atoms with Gasteiger partial charge in [-0.2, -0.15) is 0 Å². The lowest BCUT2D eigenvalue weighted by molar-refractivity contribution is 0.191. The van der Waals surface area contributed by atoms with Crippen molar-refractivity contribution in [2.75, 3.05) is 6.54 Å². The Hall–Kier alpha value is -1.55. The zero-order valence-corrected chi connectivity index (χ0v) is 13.9. The molecule has 2 aromatic carbocycles. The third-order valence-electron chi connectivity index (χ3n) is 3.22. The average Bonchev–Trinajstić information content (AvgIpc) is 2.48. The van der Waals surface area contributed by atoms with E-state index in [9.17, 15) is 5.11 Å². The summed E-state index contributed by atoms with van der Waals surface area (Å²) in [6.07, 6.45) is -0.317. The highest BCUT2D eigenvalue weighted by atomic mass is 35.5. The summed E-state index contributed by atoms with van der Waals surface area (Å²) in [5.41, 5.74) is 3.61. The number of rotatable bonds is 7. The van der Waals surface area contributed by atoms with Crippen molar-refractivity contribution in [2.24, 2.45) is 0 Å². The van der Waals surface area contributed by atoms with Crippen LogP contribution in [0.4, 0.5) is 0 Å². The number of hydrogen-bond donors (Lipinski definition) is 2. The summed E-state index contributed by atoms with van der Waals surface area (Å²) >= 11 is 0. The summed E-state index contributed by atoms with van der Waals surface area (Å²) in [5.74, 6) is 0.870. The maximum atomic E-state index is 9.19. The number of nitrogens with one attached hydrogen (secondary N) is 1. The number of aliphatic hydroxyl groups excluding tert-OH is 1. The van der Waals surface area contributed by atoms with Crippen LogP contribution in [0.15, 0.2) is 48.5 Å². The van der Waals surface area contributed by atoms with E-state index < -0.39 is 0 Å². The van der Waals surface area contributed by atoms with E-state index in [4.69, 9.17) is 4.74 Å². The summed E-state index contributed by atoms with van der Waals surface area (Å²) in [5, 5.41) is 12.4. The first kappa shape index (κ1) is 18.5. The molecule has 2 rings (SSSR count). The quantitative estimate of drug-likeness (QED) is 0.820. The van der Waals surface area contributed by atoms with Crippen molar-refractivity contribution in [3.63, 3.8) is 0 Å². The van der Waals surface area contributed by atoms with Crippen molar-refractivity contribution < 1.29 is 9.84 Å². The highest BCUT2D eigenvalue weighted by Crippen LogP contribution is 2.14. The van der Waals surface area contributed by atoms with E-state index in [1.165, 1.54) is 16.7 Å². The lowest BCUT2D eigenvalue weighted by atomic mass is 10.2. The molecule has 0 bridgehead atoms. The highest BCUT2D eigenvalue weighted by Gasteiger charge is 1.99. The van der Waals surface area contributed by atoms with Crippen molar-refractivity contribution in [1.29, 1.82) is 0 Å². The van der Waals surface area contributed by atoms with Gasteiger partial charge in [0.15, 0.2) is 0 Å². The Bertz CT molecular complexity index is 538. The smallest absolute Gasteiger partial charge is 0.119 e. The fourth-order valence-electron chi connectivity index (χ4n) is 1.98. The third-order valence-corrected chi connectivity index (χ3v) is 3.22. The third kappa shape index (κ3) is 6.48. The van der Waals surface area contributed by atoms with Crippen molar-refractivity contribution in [1.82, 2.24) is 5.32 Å². The molecule has 0 radical (unpaired) electrons.